The summed E-state index contributed by atoms with van der Waals surface area (Å²) in [7, 11) is 0. The highest BCUT2D eigenvalue weighted by Crippen LogP contribution is 2.35. The minimum absolute atomic E-state index is 0.00923. The molecule has 5 rings (SSSR count). The summed E-state index contributed by atoms with van der Waals surface area (Å²) >= 11 is 0. The van der Waals surface area contributed by atoms with Crippen LogP contribution in [0.15, 0.2) is 35.1 Å². The average molecular weight is 522 g/mol. The number of carbonyl (C=O) groups excluding carboxylic acids is 2. The maximum atomic E-state index is 14.5. The lowest BCUT2D eigenvalue weighted by atomic mass is 9.89. The second kappa shape index (κ2) is 12.3. The fourth-order valence-electron chi connectivity index (χ4n) is 6.67. The molecule has 8 nitrogen and oxygen atoms in total. The molecule has 38 heavy (non-hydrogen) atoms. The Morgan fingerprint density at radius 3 is 2.34 bits per heavy atom. The van der Waals surface area contributed by atoms with Crippen LogP contribution in [0.4, 0.5) is 0 Å². The molecule has 2 heterocycles. The first kappa shape index (κ1) is 26.7. The molecular weight excluding hydrogens is 478 g/mol. The van der Waals surface area contributed by atoms with E-state index in [9.17, 15) is 14.4 Å². The Balaban J connectivity index is 1.68. The van der Waals surface area contributed by atoms with Crippen LogP contribution in [0.25, 0.3) is 11.3 Å². The van der Waals surface area contributed by atoms with Crippen molar-refractivity contribution in [2.75, 3.05) is 26.2 Å². The van der Waals surface area contributed by atoms with Crippen LogP contribution in [0.5, 0.6) is 0 Å². The maximum absolute atomic E-state index is 14.5. The van der Waals surface area contributed by atoms with Crippen molar-refractivity contribution in [3.63, 3.8) is 0 Å². The van der Waals surface area contributed by atoms with Crippen molar-refractivity contribution in [2.24, 2.45) is 5.92 Å². The number of hydrogen-bond acceptors (Lipinski definition) is 4. The van der Waals surface area contributed by atoms with Crippen LogP contribution in [-0.4, -0.2) is 58.1 Å². The zero-order valence-corrected chi connectivity index (χ0v) is 22.8. The van der Waals surface area contributed by atoms with Gasteiger partial charge in [-0.3, -0.25) is 18.7 Å². The maximum Gasteiger partial charge on any atom is 0.329 e. The van der Waals surface area contributed by atoms with Crippen LogP contribution in [0.3, 0.4) is 0 Å². The van der Waals surface area contributed by atoms with Crippen LogP contribution in [-0.2, 0) is 11.3 Å². The molecule has 2 saturated carbocycles. The third kappa shape index (κ3) is 5.60. The molecular formula is C30H43N5O3. The second-order valence-electron chi connectivity index (χ2n) is 11.3. The SMILES string of the molecule is CCC(=O)N[C@H]1CCCCC1n1c(-c2ccccc2)c(C(=O)N2CCNCC2)n(CC2CCCCC2)c1=O. The fourth-order valence-corrected chi connectivity index (χ4v) is 6.67. The summed E-state index contributed by atoms with van der Waals surface area (Å²) in [6, 6.07) is 9.62. The van der Waals surface area contributed by atoms with E-state index in [0.717, 1.165) is 62.9 Å². The molecule has 2 N–H and O–H groups in total. The number of benzene rings is 1. The van der Waals surface area contributed by atoms with E-state index in [4.69, 9.17) is 0 Å². The highest BCUT2D eigenvalue weighted by Gasteiger charge is 2.37. The highest BCUT2D eigenvalue weighted by molar-refractivity contribution is 5.99. The van der Waals surface area contributed by atoms with E-state index in [0.29, 0.717) is 37.7 Å². The molecule has 2 aromatic rings. The van der Waals surface area contributed by atoms with Gasteiger partial charge in [0, 0.05) is 50.7 Å². The number of piperazine rings is 1. The first-order chi connectivity index (χ1) is 18.6. The van der Waals surface area contributed by atoms with Gasteiger partial charge in [0.2, 0.25) is 5.91 Å². The summed E-state index contributed by atoms with van der Waals surface area (Å²) in [6.45, 7) is 5.22. The number of imidazole rings is 1. The molecule has 0 spiro atoms. The van der Waals surface area contributed by atoms with Gasteiger partial charge in [0.15, 0.2) is 0 Å². The van der Waals surface area contributed by atoms with E-state index in [2.05, 4.69) is 10.6 Å². The number of hydrogen-bond donors (Lipinski definition) is 2. The second-order valence-corrected chi connectivity index (χ2v) is 11.3. The highest BCUT2D eigenvalue weighted by atomic mass is 16.2. The molecule has 2 atom stereocenters. The minimum atomic E-state index is -0.177. The Bertz CT molecular complexity index is 1160. The summed E-state index contributed by atoms with van der Waals surface area (Å²) < 4.78 is 3.71. The van der Waals surface area contributed by atoms with Gasteiger partial charge in [0.1, 0.15) is 5.69 Å². The van der Waals surface area contributed by atoms with Gasteiger partial charge < -0.3 is 15.5 Å². The molecule has 1 saturated heterocycles. The predicted molar refractivity (Wildman–Crippen MR) is 149 cm³/mol. The van der Waals surface area contributed by atoms with Gasteiger partial charge in [-0.05, 0) is 31.6 Å². The minimum Gasteiger partial charge on any atom is -0.351 e. The molecule has 8 heteroatoms. The molecule has 3 fully saturated rings. The lowest BCUT2D eigenvalue weighted by Gasteiger charge is -2.34. The summed E-state index contributed by atoms with van der Waals surface area (Å²) in [6.07, 6.45) is 9.88. The Hall–Kier alpha value is -2.87. The van der Waals surface area contributed by atoms with Crippen LogP contribution in [0, 0.1) is 5.92 Å². The Morgan fingerprint density at radius 1 is 0.947 bits per heavy atom. The van der Waals surface area contributed by atoms with Crippen LogP contribution < -0.4 is 16.3 Å². The van der Waals surface area contributed by atoms with Gasteiger partial charge in [-0.2, -0.15) is 0 Å². The molecule has 1 unspecified atom stereocenters. The smallest absolute Gasteiger partial charge is 0.329 e. The van der Waals surface area contributed by atoms with Gasteiger partial charge >= 0.3 is 5.69 Å². The molecule has 0 radical (unpaired) electrons. The average Bonchev–Trinajstić information content (AvgIpc) is 3.25. The van der Waals surface area contributed by atoms with Crippen molar-refractivity contribution in [3.8, 4) is 11.3 Å². The number of carbonyl (C=O) groups is 2. The zero-order chi connectivity index (χ0) is 26.5. The molecule has 2 aliphatic carbocycles. The normalized spacial score (nSPS) is 22.8. The van der Waals surface area contributed by atoms with Crippen molar-refractivity contribution in [2.45, 2.75) is 89.8 Å². The van der Waals surface area contributed by atoms with Crippen LogP contribution in [0.2, 0.25) is 0 Å². The number of nitrogens with one attached hydrogen (secondary N) is 2. The number of aromatic nitrogens is 2. The quantitative estimate of drug-likeness (QED) is 0.578. The van der Waals surface area contributed by atoms with Crippen molar-refractivity contribution in [1.82, 2.24) is 24.7 Å². The van der Waals surface area contributed by atoms with Gasteiger partial charge in [-0.15, -0.1) is 0 Å². The predicted octanol–water partition coefficient (Wildman–Crippen LogP) is 3.95. The van der Waals surface area contributed by atoms with E-state index in [-0.39, 0.29) is 29.6 Å². The molecule has 1 aromatic heterocycles. The summed E-state index contributed by atoms with van der Waals surface area (Å²) in [5.41, 5.74) is 2.03. The summed E-state index contributed by atoms with van der Waals surface area (Å²) in [4.78, 5) is 43.1. The molecule has 3 aliphatic rings. The van der Waals surface area contributed by atoms with Gasteiger partial charge in [-0.25, -0.2) is 4.79 Å². The Kier molecular flexibility index (Phi) is 8.67. The van der Waals surface area contributed by atoms with Crippen molar-refractivity contribution >= 4 is 11.8 Å². The third-order valence-electron chi connectivity index (χ3n) is 8.72. The number of amides is 2. The van der Waals surface area contributed by atoms with Gasteiger partial charge in [-0.1, -0.05) is 69.4 Å². The summed E-state index contributed by atoms with van der Waals surface area (Å²) in [5, 5.41) is 6.55. The third-order valence-corrected chi connectivity index (χ3v) is 8.72. The lowest BCUT2D eigenvalue weighted by Crippen LogP contribution is -2.47. The zero-order valence-electron chi connectivity index (χ0n) is 22.8. The molecule has 206 valence electrons. The Morgan fingerprint density at radius 2 is 1.63 bits per heavy atom. The first-order valence-electron chi connectivity index (χ1n) is 14.8. The van der Waals surface area contributed by atoms with Crippen LogP contribution in [0.1, 0.15) is 87.7 Å². The van der Waals surface area contributed by atoms with E-state index >= 15 is 0 Å². The van der Waals surface area contributed by atoms with Crippen LogP contribution >= 0.6 is 0 Å². The van der Waals surface area contributed by atoms with E-state index < -0.39 is 0 Å². The topological polar surface area (TPSA) is 88.4 Å². The monoisotopic (exact) mass is 521 g/mol. The van der Waals surface area contributed by atoms with Crippen molar-refractivity contribution in [3.05, 3.63) is 46.5 Å². The molecule has 2 amide bonds. The van der Waals surface area contributed by atoms with Crippen molar-refractivity contribution in [1.29, 1.82) is 0 Å². The van der Waals surface area contributed by atoms with E-state index in [1.54, 1.807) is 0 Å². The number of rotatable bonds is 7. The van der Waals surface area contributed by atoms with E-state index in [1.165, 1.54) is 19.3 Å². The number of nitrogens with zero attached hydrogens (tertiary/aromatic N) is 3. The largest absolute Gasteiger partial charge is 0.351 e. The molecule has 1 aliphatic heterocycles. The molecule has 0 bridgehead atoms. The van der Waals surface area contributed by atoms with E-state index in [1.807, 2.05) is 51.3 Å². The van der Waals surface area contributed by atoms with Gasteiger partial charge in [0.05, 0.1) is 11.7 Å². The standard InChI is InChI=1S/C30H43N5O3/c1-2-26(36)32-24-15-9-10-16-25(24)35-27(23-13-7-4-8-14-23)28(29(37)33-19-17-31-18-20-33)34(30(35)38)21-22-11-5-3-6-12-22/h4,7-8,13-14,22,24-25,31H,2-3,5-6,9-12,15-21H2,1H3,(H,32,36)/t24-,25?/m0/s1. The Labute approximate surface area is 225 Å². The first-order valence-corrected chi connectivity index (χ1v) is 14.8. The molecule has 1 aromatic carbocycles. The summed E-state index contributed by atoms with van der Waals surface area (Å²) in [5.74, 6) is 0.356. The van der Waals surface area contributed by atoms with Gasteiger partial charge in [0.25, 0.3) is 5.91 Å². The van der Waals surface area contributed by atoms with Crippen molar-refractivity contribution < 1.29 is 9.59 Å². The fraction of sp³-hybridized carbons (Fsp3) is 0.633. The lowest BCUT2D eigenvalue weighted by molar-refractivity contribution is -0.122.